The first-order valence-electron chi connectivity index (χ1n) is 8.61. The van der Waals surface area contributed by atoms with Gasteiger partial charge >= 0.3 is 12.3 Å². The maximum atomic E-state index is 12.3. The summed E-state index contributed by atoms with van der Waals surface area (Å²) >= 11 is 0. The molecule has 0 N–H and O–H groups in total. The minimum Gasteiger partial charge on any atom is -0.465 e. The van der Waals surface area contributed by atoms with Gasteiger partial charge in [0.05, 0.1) is 18.2 Å². The van der Waals surface area contributed by atoms with Gasteiger partial charge in [-0.05, 0) is 59.7 Å². The highest BCUT2D eigenvalue weighted by atomic mass is 19.4. The molecule has 0 aliphatic rings. The van der Waals surface area contributed by atoms with Gasteiger partial charge < -0.3 is 14.2 Å². The molecule has 0 atom stereocenters. The molecule has 154 valence electrons. The Labute approximate surface area is 169 Å². The van der Waals surface area contributed by atoms with Crippen LogP contribution in [0.5, 0.6) is 17.2 Å². The van der Waals surface area contributed by atoms with Crippen LogP contribution in [0, 0.1) is 0 Å². The SMILES string of the molecule is COC(=O)c1ccc(Oc2ccc(-c3ccc(OC(F)(F)F)cc3)cc2C=O)cc1. The van der Waals surface area contributed by atoms with E-state index in [-0.39, 0.29) is 17.1 Å². The van der Waals surface area contributed by atoms with E-state index in [0.717, 1.165) is 0 Å². The summed E-state index contributed by atoms with van der Waals surface area (Å²) in [6, 6.07) is 16.3. The lowest BCUT2D eigenvalue weighted by molar-refractivity contribution is -0.274. The third kappa shape index (κ3) is 5.16. The molecule has 0 saturated carbocycles. The quantitative estimate of drug-likeness (QED) is 0.384. The molecular formula is C22H15F3O5. The molecule has 0 saturated heterocycles. The number of halogens is 3. The molecule has 8 heteroatoms. The van der Waals surface area contributed by atoms with Crippen LogP contribution in [0.25, 0.3) is 11.1 Å². The van der Waals surface area contributed by atoms with E-state index in [9.17, 15) is 22.8 Å². The number of ether oxygens (including phenoxy) is 3. The zero-order valence-electron chi connectivity index (χ0n) is 15.6. The average Bonchev–Trinajstić information content (AvgIpc) is 2.73. The topological polar surface area (TPSA) is 61.8 Å². The monoisotopic (exact) mass is 416 g/mol. The first-order valence-corrected chi connectivity index (χ1v) is 8.61. The summed E-state index contributed by atoms with van der Waals surface area (Å²) in [6.07, 6.45) is -4.15. The minimum absolute atomic E-state index is 0.250. The highest BCUT2D eigenvalue weighted by Gasteiger charge is 2.30. The molecule has 30 heavy (non-hydrogen) atoms. The van der Waals surface area contributed by atoms with Crippen LogP contribution >= 0.6 is 0 Å². The molecule has 3 aromatic rings. The molecule has 3 aromatic carbocycles. The second kappa shape index (κ2) is 8.69. The van der Waals surface area contributed by atoms with Gasteiger partial charge in [-0.25, -0.2) is 4.79 Å². The van der Waals surface area contributed by atoms with E-state index < -0.39 is 12.3 Å². The molecule has 0 bridgehead atoms. The van der Waals surface area contributed by atoms with Crippen LogP contribution in [0.1, 0.15) is 20.7 Å². The van der Waals surface area contributed by atoms with Crippen molar-refractivity contribution in [3.8, 4) is 28.4 Å². The standard InChI is InChI=1S/C22H15F3O5/c1-28-21(27)15-4-7-18(8-5-15)29-20-11-6-16(12-17(20)13-26)14-2-9-19(10-3-14)30-22(23,24)25/h2-13H,1H3. The van der Waals surface area contributed by atoms with Gasteiger partial charge in [0.2, 0.25) is 0 Å². The van der Waals surface area contributed by atoms with Crippen LogP contribution in [0.4, 0.5) is 13.2 Å². The lowest BCUT2D eigenvalue weighted by Gasteiger charge is -2.11. The first-order chi connectivity index (χ1) is 14.3. The Morgan fingerprint density at radius 2 is 1.47 bits per heavy atom. The summed E-state index contributed by atoms with van der Waals surface area (Å²) in [5, 5.41) is 0. The van der Waals surface area contributed by atoms with Crippen LogP contribution < -0.4 is 9.47 Å². The number of hydrogen-bond acceptors (Lipinski definition) is 5. The Hall–Kier alpha value is -3.81. The Kier molecular flexibility index (Phi) is 6.06. The maximum Gasteiger partial charge on any atom is 0.573 e. The summed E-state index contributed by atoms with van der Waals surface area (Å²) in [7, 11) is 1.28. The van der Waals surface area contributed by atoms with Crippen LogP contribution in [0.2, 0.25) is 0 Å². The maximum absolute atomic E-state index is 12.3. The number of methoxy groups -OCH3 is 1. The molecule has 0 spiro atoms. The second-order valence-electron chi connectivity index (χ2n) is 6.06. The number of carbonyl (C=O) groups excluding carboxylic acids is 2. The van der Waals surface area contributed by atoms with E-state index in [2.05, 4.69) is 9.47 Å². The van der Waals surface area contributed by atoms with Crippen molar-refractivity contribution in [2.75, 3.05) is 7.11 Å². The minimum atomic E-state index is -4.76. The number of hydrogen-bond donors (Lipinski definition) is 0. The normalized spacial score (nSPS) is 10.9. The fraction of sp³-hybridized carbons (Fsp3) is 0.0909. The lowest BCUT2D eigenvalue weighted by Crippen LogP contribution is -2.16. The largest absolute Gasteiger partial charge is 0.573 e. The van der Waals surface area contributed by atoms with E-state index >= 15 is 0 Å². The molecule has 0 unspecified atom stereocenters. The summed E-state index contributed by atoms with van der Waals surface area (Å²) in [5.74, 6) is -0.118. The number of esters is 1. The van der Waals surface area contributed by atoms with Crippen LogP contribution in [0.15, 0.2) is 66.7 Å². The lowest BCUT2D eigenvalue weighted by atomic mass is 10.0. The van der Waals surface area contributed by atoms with Crippen molar-refractivity contribution in [3.05, 3.63) is 77.9 Å². The van der Waals surface area contributed by atoms with E-state index in [0.29, 0.717) is 28.7 Å². The van der Waals surface area contributed by atoms with Gasteiger partial charge in [-0.2, -0.15) is 0 Å². The molecule has 0 heterocycles. The number of aldehydes is 1. The van der Waals surface area contributed by atoms with Crippen molar-refractivity contribution in [1.29, 1.82) is 0 Å². The first kappa shape index (κ1) is 20.9. The smallest absolute Gasteiger partial charge is 0.465 e. The van der Waals surface area contributed by atoms with Crippen molar-refractivity contribution < 1.29 is 37.0 Å². The Bertz CT molecular complexity index is 1040. The van der Waals surface area contributed by atoms with Gasteiger partial charge in [0.1, 0.15) is 17.2 Å². The van der Waals surface area contributed by atoms with E-state index in [1.165, 1.54) is 43.5 Å². The van der Waals surface area contributed by atoms with E-state index in [1.54, 1.807) is 30.3 Å². The molecule has 0 aliphatic heterocycles. The Morgan fingerprint density at radius 3 is 2.03 bits per heavy atom. The van der Waals surface area contributed by atoms with Crippen molar-refractivity contribution >= 4 is 12.3 Å². The summed E-state index contributed by atoms with van der Waals surface area (Å²) in [6.45, 7) is 0. The highest BCUT2D eigenvalue weighted by molar-refractivity contribution is 5.89. The predicted octanol–water partition coefficient (Wildman–Crippen LogP) is 5.64. The number of rotatable bonds is 6. The van der Waals surface area contributed by atoms with Gasteiger partial charge in [0, 0.05) is 0 Å². The molecule has 0 aliphatic carbocycles. The van der Waals surface area contributed by atoms with Gasteiger partial charge in [-0.1, -0.05) is 18.2 Å². The molecule has 0 aromatic heterocycles. The fourth-order valence-electron chi connectivity index (χ4n) is 2.67. The van der Waals surface area contributed by atoms with Crippen LogP contribution in [-0.4, -0.2) is 25.7 Å². The molecular weight excluding hydrogens is 401 g/mol. The number of carbonyl (C=O) groups is 2. The molecule has 0 radical (unpaired) electrons. The van der Waals surface area contributed by atoms with Crippen molar-refractivity contribution in [3.63, 3.8) is 0 Å². The summed E-state index contributed by atoms with van der Waals surface area (Å²) in [5.41, 5.74) is 1.82. The van der Waals surface area contributed by atoms with Crippen molar-refractivity contribution in [2.45, 2.75) is 6.36 Å². The molecule has 5 nitrogen and oxygen atoms in total. The van der Waals surface area contributed by atoms with Gasteiger partial charge in [-0.3, -0.25) is 4.79 Å². The molecule has 0 fully saturated rings. The molecule has 3 rings (SSSR count). The third-order valence-corrected chi connectivity index (χ3v) is 4.06. The Balaban J connectivity index is 1.79. The zero-order valence-corrected chi connectivity index (χ0v) is 15.6. The highest BCUT2D eigenvalue weighted by Crippen LogP contribution is 2.31. The Morgan fingerprint density at radius 1 is 0.867 bits per heavy atom. The summed E-state index contributed by atoms with van der Waals surface area (Å²) in [4.78, 5) is 23.0. The van der Waals surface area contributed by atoms with E-state index in [4.69, 9.17) is 4.74 Å². The third-order valence-electron chi connectivity index (χ3n) is 4.06. The second-order valence-corrected chi connectivity index (χ2v) is 6.06. The summed E-state index contributed by atoms with van der Waals surface area (Å²) < 4.78 is 51.0. The van der Waals surface area contributed by atoms with Crippen molar-refractivity contribution in [2.24, 2.45) is 0 Å². The number of alkyl halides is 3. The average molecular weight is 416 g/mol. The van der Waals surface area contributed by atoms with Gasteiger partial charge in [0.15, 0.2) is 6.29 Å². The molecule has 0 amide bonds. The number of benzene rings is 3. The predicted molar refractivity (Wildman–Crippen MR) is 102 cm³/mol. The van der Waals surface area contributed by atoms with Gasteiger partial charge in [0.25, 0.3) is 0 Å². The van der Waals surface area contributed by atoms with Crippen molar-refractivity contribution in [1.82, 2.24) is 0 Å². The van der Waals surface area contributed by atoms with Gasteiger partial charge in [-0.15, -0.1) is 13.2 Å². The van der Waals surface area contributed by atoms with Crippen LogP contribution in [-0.2, 0) is 4.74 Å². The van der Waals surface area contributed by atoms with Crippen LogP contribution in [0.3, 0.4) is 0 Å². The zero-order chi connectivity index (χ0) is 21.7. The fourth-order valence-corrected chi connectivity index (χ4v) is 2.67. The van der Waals surface area contributed by atoms with E-state index in [1.807, 2.05) is 0 Å².